The topological polar surface area (TPSA) is 82.9 Å². The number of hydrogen-bond donors (Lipinski definition) is 0. The summed E-state index contributed by atoms with van der Waals surface area (Å²) in [4.78, 5) is 2.38. The van der Waals surface area contributed by atoms with E-state index in [1.54, 1.807) is 0 Å². The van der Waals surface area contributed by atoms with Crippen LogP contribution >= 0.6 is 11.6 Å². The number of halogens is 1. The molecular weight excluding hydrogens is 226 g/mol. The maximum absolute atomic E-state index is 11.3. The van der Waals surface area contributed by atoms with Crippen LogP contribution in [0.3, 0.4) is 0 Å². The molecule has 74 valence electrons. The Labute approximate surface area is 85.9 Å². The Hall–Kier alpha value is -1.23. The van der Waals surface area contributed by atoms with Gasteiger partial charge in [0.2, 0.25) is 0 Å². The van der Waals surface area contributed by atoms with Crippen LogP contribution in [0, 0.1) is 0 Å². The first kappa shape index (κ1) is 10.8. The Balaban J connectivity index is 3.61. The third-order valence-electron chi connectivity index (χ3n) is 1.47. The molecule has 0 bridgehead atoms. The third-order valence-corrected chi connectivity index (χ3v) is 3.07. The molecule has 1 rings (SSSR count). The molecule has 0 saturated carbocycles. The van der Waals surface area contributed by atoms with Crippen molar-refractivity contribution in [2.45, 2.75) is 4.90 Å². The standard InChI is InChI=1S/C7H6ClN3O2S/c1-14(12,13)7-5(8)3-2-4-6(7)10-11-9/h2-4H,1H3. The molecule has 0 N–H and O–H groups in total. The molecule has 0 saturated heterocycles. The van der Waals surface area contributed by atoms with Gasteiger partial charge in [0, 0.05) is 11.2 Å². The molecule has 0 aliphatic carbocycles. The second-order valence-electron chi connectivity index (χ2n) is 2.55. The van der Waals surface area contributed by atoms with Crippen molar-refractivity contribution >= 4 is 27.1 Å². The summed E-state index contributed by atoms with van der Waals surface area (Å²) in [6, 6.07) is 4.33. The summed E-state index contributed by atoms with van der Waals surface area (Å²) in [5.41, 5.74) is 8.24. The highest BCUT2D eigenvalue weighted by molar-refractivity contribution is 7.91. The fourth-order valence-corrected chi connectivity index (χ4v) is 2.49. The Bertz CT molecular complexity index is 506. The zero-order valence-corrected chi connectivity index (χ0v) is 8.75. The molecule has 0 aliphatic rings. The zero-order valence-electron chi connectivity index (χ0n) is 7.18. The van der Waals surface area contributed by atoms with Crippen molar-refractivity contribution < 1.29 is 8.42 Å². The predicted octanol–water partition coefficient (Wildman–Crippen LogP) is 2.69. The summed E-state index contributed by atoms with van der Waals surface area (Å²) in [5.74, 6) is 0. The van der Waals surface area contributed by atoms with E-state index in [1.165, 1.54) is 18.2 Å². The van der Waals surface area contributed by atoms with Gasteiger partial charge in [0.05, 0.1) is 15.6 Å². The maximum atomic E-state index is 11.3. The van der Waals surface area contributed by atoms with E-state index in [-0.39, 0.29) is 15.6 Å². The van der Waals surface area contributed by atoms with Crippen LogP contribution in [0.25, 0.3) is 10.4 Å². The first-order chi connectivity index (χ1) is 6.46. The Morgan fingerprint density at radius 1 is 1.50 bits per heavy atom. The number of benzene rings is 1. The van der Waals surface area contributed by atoms with E-state index >= 15 is 0 Å². The van der Waals surface area contributed by atoms with Crippen LogP contribution in [0.15, 0.2) is 28.2 Å². The number of nitrogens with zero attached hydrogens (tertiary/aromatic N) is 3. The molecule has 0 unspecified atom stereocenters. The largest absolute Gasteiger partial charge is 0.224 e. The number of rotatable bonds is 2. The number of hydrogen-bond acceptors (Lipinski definition) is 3. The SMILES string of the molecule is CS(=O)(=O)c1c(Cl)cccc1N=[N+]=[N-]. The lowest BCUT2D eigenvalue weighted by molar-refractivity contribution is 0.602. The van der Waals surface area contributed by atoms with Crippen molar-refractivity contribution in [2.75, 3.05) is 6.26 Å². The highest BCUT2D eigenvalue weighted by Crippen LogP contribution is 2.31. The normalized spacial score (nSPS) is 10.7. The van der Waals surface area contributed by atoms with Gasteiger partial charge >= 0.3 is 0 Å². The summed E-state index contributed by atoms with van der Waals surface area (Å²) in [5, 5.41) is 3.30. The lowest BCUT2D eigenvalue weighted by Gasteiger charge is -2.04. The number of azide groups is 1. The van der Waals surface area contributed by atoms with Gasteiger partial charge in [-0.3, -0.25) is 0 Å². The molecular formula is C7H6ClN3O2S. The molecule has 0 fully saturated rings. The molecule has 0 amide bonds. The lowest BCUT2D eigenvalue weighted by atomic mass is 10.3. The van der Waals surface area contributed by atoms with E-state index in [1.807, 2.05) is 0 Å². The summed E-state index contributed by atoms with van der Waals surface area (Å²) in [6.07, 6.45) is 1.00. The Morgan fingerprint density at radius 2 is 2.14 bits per heavy atom. The second-order valence-corrected chi connectivity index (χ2v) is 4.91. The van der Waals surface area contributed by atoms with Gasteiger partial charge in [-0.15, -0.1) is 0 Å². The molecule has 7 heteroatoms. The van der Waals surface area contributed by atoms with Crippen LogP contribution in [-0.2, 0) is 9.84 Å². The van der Waals surface area contributed by atoms with Gasteiger partial charge in [0.25, 0.3) is 0 Å². The van der Waals surface area contributed by atoms with Crippen LogP contribution in [0.2, 0.25) is 5.02 Å². The second kappa shape index (κ2) is 3.88. The Morgan fingerprint density at radius 3 is 2.64 bits per heavy atom. The van der Waals surface area contributed by atoms with Crippen LogP contribution in [-0.4, -0.2) is 14.7 Å². The van der Waals surface area contributed by atoms with Crippen molar-refractivity contribution in [3.8, 4) is 0 Å². The molecule has 1 aromatic carbocycles. The molecule has 0 aliphatic heterocycles. The van der Waals surface area contributed by atoms with Gasteiger partial charge in [-0.25, -0.2) is 8.42 Å². The minimum Gasteiger partial charge on any atom is -0.224 e. The summed E-state index contributed by atoms with van der Waals surface area (Å²) < 4.78 is 22.6. The van der Waals surface area contributed by atoms with Gasteiger partial charge in [-0.05, 0) is 11.6 Å². The van der Waals surface area contributed by atoms with Crippen LogP contribution in [0.5, 0.6) is 0 Å². The molecule has 0 heterocycles. The molecule has 0 atom stereocenters. The first-order valence-electron chi connectivity index (χ1n) is 3.50. The smallest absolute Gasteiger partial charge is 0.177 e. The van der Waals surface area contributed by atoms with E-state index in [0.717, 1.165) is 6.26 Å². The Kier molecular flexibility index (Phi) is 3.00. The van der Waals surface area contributed by atoms with Crippen LogP contribution < -0.4 is 0 Å². The fraction of sp³-hybridized carbons (Fsp3) is 0.143. The average Bonchev–Trinajstić information content (AvgIpc) is 2.02. The van der Waals surface area contributed by atoms with Crippen molar-refractivity contribution in [3.63, 3.8) is 0 Å². The van der Waals surface area contributed by atoms with Gasteiger partial charge in [-0.1, -0.05) is 28.8 Å². The molecule has 1 aromatic rings. The minimum atomic E-state index is -3.48. The molecule has 5 nitrogen and oxygen atoms in total. The highest BCUT2D eigenvalue weighted by Gasteiger charge is 2.15. The van der Waals surface area contributed by atoms with E-state index in [9.17, 15) is 8.42 Å². The van der Waals surface area contributed by atoms with Gasteiger partial charge in [0.1, 0.15) is 0 Å². The van der Waals surface area contributed by atoms with Crippen molar-refractivity contribution in [2.24, 2.45) is 5.11 Å². The van der Waals surface area contributed by atoms with Crippen molar-refractivity contribution in [1.29, 1.82) is 0 Å². The zero-order chi connectivity index (χ0) is 10.8. The quantitative estimate of drug-likeness (QED) is 0.445. The maximum Gasteiger partial charge on any atom is 0.177 e. The first-order valence-corrected chi connectivity index (χ1v) is 5.77. The predicted molar refractivity (Wildman–Crippen MR) is 53.4 cm³/mol. The third kappa shape index (κ3) is 2.17. The van der Waals surface area contributed by atoms with Crippen LogP contribution in [0.4, 0.5) is 5.69 Å². The summed E-state index contributed by atoms with van der Waals surface area (Å²) in [7, 11) is -3.48. The van der Waals surface area contributed by atoms with E-state index < -0.39 is 9.84 Å². The lowest BCUT2D eigenvalue weighted by Crippen LogP contribution is -1.98. The van der Waals surface area contributed by atoms with Crippen LogP contribution in [0.1, 0.15) is 0 Å². The monoisotopic (exact) mass is 231 g/mol. The van der Waals surface area contributed by atoms with Gasteiger partial charge < -0.3 is 0 Å². The van der Waals surface area contributed by atoms with Gasteiger partial charge in [-0.2, -0.15) is 0 Å². The highest BCUT2D eigenvalue weighted by atomic mass is 35.5. The molecule has 14 heavy (non-hydrogen) atoms. The molecule has 0 radical (unpaired) electrons. The van der Waals surface area contributed by atoms with E-state index in [0.29, 0.717) is 0 Å². The number of sulfone groups is 1. The summed E-state index contributed by atoms with van der Waals surface area (Å²) >= 11 is 5.69. The molecule has 0 aromatic heterocycles. The van der Waals surface area contributed by atoms with Crippen molar-refractivity contribution in [3.05, 3.63) is 33.7 Å². The van der Waals surface area contributed by atoms with E-state index in [2.05, 4.69) is 10.0 Å². The van der Waals surface area contributed by atoms with Crippen molar-refractivity contribution in [1.82, 2.24) is 0 Å². The minimum absolute atomic E-state index is 0.0162. The van der Waals surface area contributed by atoms with Gasteiger partial charge in [0.15, 0.2) is 9.84 Å². The van der Waals surface area contributed by atoms with E-state index in [4.69, 9.17) is 17.1 Å². The fourth-order valence-electron chi connectivity index (χ4n) is 0.991. The summed E-state index contributed by atoms with van der Waals surface area (Å²) in [6.45, 7) is 0. The average molecular weight is 232 g/mol. The molecule has 0 spiro atoms.